The van der Waals surface area contributed by atoms with E-state index < -0.39 is 31.0 Å². The van der Waals surface area contributed by atoms with Crippen LogP contribution in [-0.2, 0) is 15.3 Å². The Balaban J connectivity index is 3.03. The first kappa shape index (κ1) is 14.4. The molecule has 0 bridgehead atoms. The molecule has 0 amide bonds. The molecule has 0 saturated heterocycles. The number of rotatable bonds is 4. The largest absolute Gasteiger partial charge is 0.333 e. The predicted molar refractivity (Wildman–Crippen MR) is 60.0 cm³/mol. The monoisotopic (exact) mass is 328 g/mol. The Morgan fingerprint density at radius 3 is 2.47 bits per heavy atom. The van der Waals surface area contributed by atoms with E-state index in [1.165, 1.54) is 12.1 Å². The molecule has 0 aliphatic heterocycles. The van der Waals surface area contributed by atoms with Gasteiger partial charge in [0.05, 0.1) is 0 Å². The van der Waals surface area contributed by atoms with Gasteiger partial charge in [-0.2, -0.15) is 8.78 Å². The molecule has 1 aromatic carbocycles. The van der Waals surface area contributed by atoms with Crippen LogP contribution in [0.15, 0.2) is 28.7 Å². The SMILES string of the molecule is O=C(CP(=O)(O)O)C(F)(F)c1cccc(Br)c1. The molecule has 0 saturated carbocycles. The van der Waals surface area contributed by atoms with E-state index in [9.17, 15) is 18.1 Å². The van der Waals surface area contributed by atoms with E-state index in [-0.39, 0.29) is 0 Å². The standard InChI is InChI=1S/C9H8BrF2O4P/c10-7-3-1-2-6(4-7)9(11,12)8(13)5-17(14,15)16/h1-4H,5H2,(H2,14,15,16). The molecule has 94 valence electrons. The molecular weight excluding hydrogens is 321 g/mol. The van der Waals surface area contributed by atoms with Gasteiger partial charge in [0, 0.05) is 10.0 Å². The first-order valence-corrected chi connectivity index (χ1v) is 6.94. The average Bonchev–Trinajstić information content (AvgIpc) is 2.15. The fourth-order valence-electron chi connectivity index (χ4n) is 1.13. The molecule has 0 aromatic heterocycles. The Morgan fingerprint density at radius 1 is 1.41 bits per heavy atom. The summed E-state index contributed by atoms with van der Waals surface area (Å²) in [5.74, 6) is -5.71. The summed E-state index contributed by atoms with van der Waals surface area (Å²) in [5.41, 5.74) is -0.606. The Hall–Kier alpha value is -0.620. The van der Waals surface area contributed by atoms with Gasteiger partial charge in [-0.15, -0.1) is 0 Å². The maximum Gasteiger partial charge on any atom is 0.333 e. The Labute approximate surface area is 104 Å². The van der Waals surface area contributed by atoms with Crippen molar-refractivity contribution in [3.8, 4) is 0 Å². The fraction of sp³-hybridized carbons (Fsp3) is 0.222. The summed E-state index contributed by atoms with van der Waals surface area (Å²) in [4.78, 5) is 28.1. The molecule has 1 rings (SSSR count). The zero-order chi connectivity index (χ0) is 13.3. The van der Waals surface area contributed by atoms with Crippen LogP contribution in [0.5, 0.6) is 0 Å². The molecule has 0 radical (unpaired) electrons. The molecule has 17 heavy (non-hydrogen) atoms. The van der Waals surface area contributed by atoms with Crippen molar-refractivity contribution in [2.75, 3.05) is 6.16 Å². The molecule has 0 atom stereocenters. The Kier molecular flexibility index (Phi) is 4.19. The highest BCUT2D eigenvalue weighted by molar-refractivity contribution is 9.10. The molecule has 0 aliphatic carbocycles. The predicted octanol–water partition coefficient (Wildman–Crippen LogP) is 2.29. The number of halogens is 3. The summed E-state index contributed by atoms with van der Waals surface area (Å²) < 4.78 is 38.0. The van der Waals surface area contributed by atoms with Crippen molar-refractivity contribution in [3.63, 3.8) is 0 Å². The van der Waals surface area contributed by atoms with Crippen molar-refractivity contribution < 1.29 is 27.9 Å². The van der Waals surface area contributed by atoms with E-state index in [4.69, 9.17) is 9.79 Å². The smallest absolute Gasteiger partial charge is 0.324 e. The summed E-state index contributed by atoms with van der Waals surface area (Å²) in [6.07, 6.45) is -1.48. The van der Waals surface area contributed by atoms with Gasteiger partial charge in [0.15, 0.2) is 0 Å². The van der Waals surface area contributed by atoms with Crippen molar-refractivity contribution in [1.29, 1.82) is 0 Å². The third-order valence-corrected chi connectivity index (χ3v) is 3.08. The van der Waals surface area contributed by atoms with Crippen LogP contribution in [0.2, 0.25) is 0 Å². The van der Waals surface area contributed by atoms with E-state index in [2.05, 4.69) is 15.9 Å². The molecule has 1 aromatic rings. The lowest BCUT2D eigenvalue weighted by molar-refractivity contribution is -0.141. The van der Waals surface area contributed by atoms with Crippen molar-refractivity contribution in [3.05, 3.63) is 34.3 Å². The summed E-state index contributed by atoms with van der Waals surface area (Å²) >= 11 is 2.97. The van der Waals surface area contributed by atoms with Gasteiger partial charge in [0.2, 0.25) is 5.78 Å². The summed E-state index contributed by atoms with van der Waals surface area (Å²) in [7, 11) is -4.79. The first-order chi connectivity index (χ1) is 7.63. The third-order valence-electron chi connectivity index (χ3n) is 1.89. The average molecular weight is 329 g/mol. The Bertz CT molecular complexity index is 486. The molecule has 8 heteroatoms. The number of alkyl halides is 2. The number of carbonyl (C=O) groups excluding carboxylic acids is 1. The van der Waals surface area contributed by atoms with Crippen molar-refractivity contribution in [1.82, 2.24) is 0 Å². The highest BCUT2D eigenvalue weighted by Crippen LogP contribution is 2.39. The second kappa shape index (κ2) is 4.94. The van der Waals surface area contributed by atoms with Gasteiger partial charge >= 0.3 is 13.5 Å². The van der Waals surface area contributed by atoms with Crippen molar-refractivity contribution in [2.45, 2.75) is 5.92 Å². The fourth-order valence-corrected chi connectivity index (χ4v) is 2.10. The minimum Gasteiger partial charge on any atom is -0.324 e. The topological polar surface area (TPSA) is 74.6 Å². The van der Waals surface area contributed by atoms with Crippen LogP contribution in [0.1, 0.15) is 5.56 Å². The van der Waals surface area contributed by atoms with Crippen LogP contribution in [0, 0.1) is 0 Å². The quantitative estimate of drug-likeness (QED) is 0.831. The second-order valence-corrected chi connectivity index (χ2v) is 5.89. The van der Waals surface area contributed by atoms with E-state index in [0.717, 1.165) is 12.1 Å². The van der Waals surface area contributed by atoms with E-state index in [1.807, 2.05) is 0 Å². The molecular formula is C9H8BrF2O4P. The minimum absolute atomic E-state index is 0.346. The highest BCUT2D eigenvalue weighted by atomic mass is 79.9. The molecule has 0 heterocycles. The normalized spacial score (nSPS) is 12.5. The van der Waals surface area contributed by atoms with Gasteiger partial charge in [-0.3, -0.25) is 9.36 Å². The van der Waals surface area contributed by atoms with Crippen molar-refractivity contribution >= 4 is 29.3 Å². The van der Waals surface area contributed by atoms with Gasteiger partial charge in [-0.25, -0.2) is 0 Å². The maximum atomic E-state index is 13.5. The number of Topliss-reactive ketones (excluding diaryl/α,β-unsaturated/α-hetero) is 1. The molecule has 0 unspecified atom stereocenters. The zero-order valence-corrected chi connectivity index (χ0v) is 10.8. The van der Waals surface area contributed by atoms with Gasteiger partial charge in [-0.05, 0) is 12.1 Å². The van der Waals surface area contributed by atoms with Crippen LogP contribution < -0.4 is 0 Å². The number of hydrogen-bond donors (Lipinski definition) is 2. The maximum absolute atomic E-state index is 13.5. The van der Waals surface area contributed by atoms with Gasteiger partial charge in [0.1, 0.15) is 6.16 Å². The number of ketones is 1. The summed E-state index contributed by atoms with van der Waals surface area (Å²) in [5, 5.41) is 0. The minimum atomic E-state index is -4.79. The van der Waals surface area contributed by atoms with Crippen LogP contribution in [-0.4, -0.2) is 21.7 Å². The molecule has 4 nitrogen and oxygen atoms in total. The van der Waals surface area contributed by atoms with Gasteiger partial charge in [-0.1, -0.05) is 28.1 Å². The lowest BCUT2D eigenvalue weighted by Crippen LogP contribution is -2.28. The lowest BCUT2D eigenvalue weighted by Gasteiger charge is -2.15. The van der Waals surface area contributed by atoms with Crippen molar-refractivity contribution in [2.24, 2.45) is 0 Å². The van der Waals surface area contributed by atoms with Crippen LogP contribution in [0.25, 0.3) is 0 Å². The molecule has 0 spiro atoms. The van der Waals surface area contributed by atoms with Gasteiger partial charge < -0.3 is 9.79 Å². The van der Waals surface area contributed by atoms with Crippen LogP contribution >= 0.6 is 23.5 Å². The highest BCUT2D eigenvalue weighted by Gasteiger charge is 2.43. The summed E-state index contributed by atoms with van der Waals surface area (Å²) in [6, 6.07) is 4.84. The second-order valence-electron chi connectivity index (χ2n) is 3.33. The first-order valence-electron chi connectivity index (χ1n) is 4.34. The molecule has 0 fully saturated rings. The van der Waals surface area contributed by atoms with E-state index in [1.54, 1.807) is 0 Å². The van der Waals surface area contributed by atoms with Crippen LogP contribution in [0.4, 0.5) is 8.78 Å². The van der Waals surface area contributed by atoms with Crippen LogP contribution in [0.3, 0.4) is 0 Å². The third kappa shape index (κ3) is 3.96. The van der Waals surface area contributed by atoms with E-state index >= 15 is 0 Å². The Morgan fingerprint density at radius 2 is 2.00 bits per heavy atom. The van der Waals surface area contributed by atoms with E-state index in [0.29, 0.717) is 4.47 Å². The molecule has 0 aliphatic rings. The lowest BCUT2D eigenvalue weighted by atomic mass is 10.1. The zero-order valence-electron chi connectivity index (χ0n) is 8.31. The number of benzene rings is 1. The summed E-state index contributed by atoms with van der Waals surface area (Å²) in [6.45, 7) is 0. The number of hydrogen-bond acceptors (Lipinski definition) is 2. The molecule has 2 N–H and O–H groups in total. The van der Waals surface area contributed by atoms with Gasteiger partial charge in [0.25, 0.3) is 0 Å². The number of carbonyl (C=O) groups is 1.